The highest BCUT2D eigenvalue weighted by Gasteiger charge is 2.29. The molecular weight excluding hydrogens is 262 g/mol. The lowest BCUT2D eigenvalue weighted by Gasteiger charge is -2.27. The first-order valence-electron chi connectivity index (χ1n) is 6.60. The van der Waals surface area contributed by atoms with E-state index in [9.17, 15) is 4.79 Å². The molecule has 0 bridgehead atoms. The summed E-state index contributed by atoms with van der Waals surface area (Å²) >= 11 is 5.98. The highest BCUT2D eigenvalue weighted by Crippen LogP contribution is 2.31. The number of amides is 1. The predicted molar refractivity (Wildman–Crippen MR) is 78.2 cm³/mol. The van der Waals surface area contributed by atoms with Crippen molar-refractivity contribution >= 4 is 23.2 Å². The SMILES string of the molecule is CC(C)N(CC1CC1)C(=O)c1cc(Cl)ccc1NN. The molecule has 0 spiro atoms. The van der Waals surface area contributed by atoms with Crippen LogP contribution in [0.25, 0.3) is 0 Å². The first-order chi connectivity index (χ1) is 9.02. The van der Waals surface area contributed by atoms with Crippen molar-refractivity contribution in [1.82, 2.24) is 4.90 Å². The number of carbonyl (C=O) groups excluding carboxylic acids is 1. The second-order valence-electron chi connectivity index (χ2n) is 5.33. The van der Waals surface area contributed by atoms with Gasteiger partial charge in [-0.3, -0.25) is 10.6 Å². The molecule has 1 aromatic rings. The third-order valence-corrected chi connectivity index (χ3v) is 3.64. The Kier molecular flexibility index (Phi) is 4.32. The van der Waals surface area contributed by atoms with E-state index in [2.05, 4.69) is 5.43 Å². The molecule has 0 saturated heterocycles. The number of nitrogens with zero attached hydrogens (tertiary/aromatic N) is 1. The zero-order valence-corrected chi connectivity index (χ0v) is 12.1. The number of nitrogens with two attached hydrogens (primary N) is 1. The number of rotatable bonds is 5. The summed E-state index contributed by atoms with van der Waals surface area (Å²) < 4.78 is 0. The van der Waals surface area contributed by atoms with Crippen LogP contribution in [0.4, 0.5) is 5.69 Å². The number of anilines is 1. The van der Waals surface area contributed by atoms with Crippen LogP contribution in [0.15, 0.2) is 18.2 Å². The molecule has 3 N–H and O–H groups in total. The smallest absolute Gasteiger partial charge is 0.256 e. The van der Waals surface area contributed by atoms with Gasteiger partial charge >= 0.3 is 0 Å². The lowest BCUT2D eigenvalue weighted by atomic mass is 10.1. The molecule has 0 heterocycles. The third kappa shape index (κ3) is 3.39. The maximum Gasteiger partial charge on any atom is 0.256 e. The van der Waals surface area contributed by atoms with Gasteiger partial charge in [0.05, 0.1) is 11.3 Å². The van der Waals surface area contributed by atoms with E-state index in [1.54, 1.807) is 18.2 Å². The Morgan fingerprint density at radius 1 is 1.53 bits per heavy atom. The molecule has 1 aliphatic carbocycles. The molecule has 0 aliphatic heterocycles. The van der Waals surface area contributed by atoms with E-state index in [1.807, 2.05) is 18.7 Å². The van der Waals surface area contributed by atoms with E-state index in [-0.39, 0.29) is 11.9 Å². The van der Waals surface area contributed by atoms with Crippen molar-refractivity contribution < 1.29 is 4.79 Å². The average molecular weight is 282 g/mol. The second kappa shape index (κ2) is 5.80. The molecule has 1 saturated carbocycles. The first kappa shape index (κ1) is 14.2. The number of benzene rings is 1. The Hall–Kier alpha value is -1.26. The molecule has 0 radical (unpaired) electrons. The molecule has 104 valence electrons. The Morgan fingerprint density at radius 2 is 2.21 bits per heavy atom. The molecule has 1 aromatic carbocycles. The molecule has 0 unspecified atom stereocenters. The molecule has 1 aliphatic rings. The summed E-state index contributed by atoms with van der Waals surface area (Å²) in [4.78, 5) is 14.5. The number of hydrazine groups is 1. The number of nitrogens with one attached hydrogen (secondary N) is 1. The molecular formula is C14H20ClN3O. The molecule has 1 fully saturated rings. The first-order valence-corrected chi connectivity index (χ1v) is 6.98. The molecule has 5 heteroatoms. The highest BCUT2D eigenvalue weighted by molar-refractivity contribution is 6.31. The van der Waals surface area contributed by atoms with Crippen LogP contribution < -0.4 is 11.3 Å². The fourth-order valence-corrected chi connectivity index (χ4v) is 2.25. The summed E-state index contributed by atoms with van der Waals surface area (Å²) in [6, 6.07) is 5.28. The zero-order valence-electron chi connectivity index (χ0n) is 11.3. The fraction of sp³-hybridized carbons (Fsp3) is 0.500. The summed E-state index contributed by atoms with van der Waals surface area (Å²) in [6.45, 7) is 4.87. The molecule has 0 atom stereocenters. The van der Waals surface area contributed by atoms with E-state index in [0.29, 0.717) is 22.2 Å². The Balaban J connectivity index is 2.26. The van der Waals surface area contributed by atoms with Crippen molar-refractivity contribution in [1.29, 1.82) is 0 Å². The maximum atomic E-state index is 12.7. The van der Waals surface area contributed by atoms with Crippen LogP contribution in [0.1, 0.15) is 37.0 Å². The molecule has 19 heavy (non-hydrogen) atoms. The second-order valence-corrected chi connectivity index (χ2v) is 5.77. The minimum absolute atomic E-state index is 0.0163. The average Bonchev–Trinajstić information content (AvgIpc) is 3.18. The van der Waals surface area contributed by atoms with Gasteiger partial charge in [-0.2, -0.15) is 0 Å². The van der Waals surface area contributed by atoms with Gasteiger partial charge in [0.1, 0.15) is 0 Å². The summed E-state index contributed by atoms with van der Waals surface area (Å²) in [7, 11) is 0. The van der Waals surface area contributed by atoms with E-state index < -0.39 is 0 Å². The van der Waals surface area contributed by atoms with Gasteiger partial charge in [-0.1, -0.05) is 11.6 Å². The quantitative estimate of drug-likeness (QED) is 0.644. The third-order valence-electron chi connectivity index (χ3n) is 3.40. The topological polar surface area (TPSA) is 58.4 Å². The predicted octanol–water partition coefficient (Wildman–Crippen LogP) is 2.89. The van der Waals surface area contributed by atoms with E-state index in [1.165, 1.54) is 12.8 Å². The summed E-state index contributed by atoms with van der Waals surface area (Å²) in [5, 5.41) is 0.539. The van der Waals surface area contributed by atoms with Crippen molar-refractivity contribution in [2.24, 2.45) is 11.8 Å². The number of hydrogen-bond acceptors (Lipinski definition) is 3. The van der Waals surface area contributed by atoms with Gasteiger partial charge in [0, 0.05) is 17.6 Å². The summed E-state index contributed by atoms with van der Waals surface area (Å²) in [5.41, 5.74) is 3.70. The standard InChI is InChI=1S/C14H20ClN3O/c1-9(2)18(8-10-3-4-10)14(19)12-7-11(15)5-6-13(12)17-16/h5-7,9-10,17H,3-4,8,16H2,1-2H3. The Morgan fingerprint density at radius 3 is 2.74 bits per heavy atom. The van der Waals surface area contributed by atoms with Crippen LogP contribution in [0.5, 0.6) is 0 Å². The number of carbonyl (C=O) groups is 1. The fourth-order valence-electron chi connectivity index (χ4n) is 2.08. The van der Waals surface area contributed by atoms with Crippen molar-refractivity contribution in [2.45, 2.75) is 32.7 Å². The van der Waals surface area contributed by atoms with Crippen LogP contribution in [-0.4, -0.2) is 23.4 Å². The van der Waals surface area contributed by atoms with Crippen LogP contribution in [0.3, 0.4) is 0 Å². The molecule has 4 nitrogen and oxygen atoms in total. The van der Waals surface area contributed by atoms with Crippen LogP contribution >= 0.6 is 11.6 Å². The van der Waals surface area contributed by atoms with Gasteiger partial charge in [-0.15, -0.1) is 0 Å². The maximum absolute atomic E-state index is 12.7. The monoisotopic (exact) mass is 281 g/mol. The van der Waals surface area contributed by atoms with E-state index >= 15 is 0 Å². The highest BCUT2D eigenvalue weighted by atomic mass is 35.5. The minimum Gasteiger partial charge on any atom is -0.336 e. The number of halogens is 1. The summed E-state index contributed by atoms with van der Waals surface area (Å²) in [5.74, 6) is 6.10. The Labute approximate surface area is 118 Å². The molecule has 1 amide bonds. The Bertz CT molecular complexity index is 472. The van der Waals surface area contributed by atoms with Crippen molar-refractivity contribution in [3.63, 3.8) is 0 Å². The van der Waals surface area contributed by atoms with Crippen molar-refractivity contribution in [3.05, 3.63) is 28.8 Å². The van der Waals surface area contributed by atoms with Gasteiger partial charge in [0.25, 0.3) is 5.91 Å². The minimum atomic E-state index is -0.0163. The van der Waals surface area contributed by atoms with Gasteiger partial charge in [0.2, 0.25) is 0 Å². The van der Waals surface area contributed by atoms with Crippen LogP contribution in [-0.2, 0) is 0 Å². The van der Waals surface area contributed by atoms with Gasteiger partial charge in [-0.25, -0.2) is 0 Å². The van der Waals surface area contributed by atoms with Gasteiger partial charge in [0.15, 0.2) is 0 Å². The van der Waals surface area contributed by atoms with Gasteiger partial charge in [-0.05, 0) is 50.8 Å². The lowest BCUT2D eigenvalue weighted by Crippen LogP contribution is -2.39. The van der Waals surface area contributed by atoms with E-state index in [4.69, 9.17) is 17.4 Å². The lowest BCUT2D eigenvalue weighted by molar-refractivity contribution is 0.0697. The normalized spacial score (nSPS) is 14.6. The van der Waals surface area contributed by atoms with Crippen molar-refractivity contribution in [2.75, 3.05) is 12.0 Å². The summed E-state index contributed by atoms with van der Waals surface area (Å²) in [6.07, 6.45) is 2.43. The van der Waals surface area contributed by atoms with Gasteiger partial charge < -0.3 is 10.3 Å². The molecule has 0 aromatic heterocycles. The molecule has 2 rings (SSSR count). The van der Waals surface area contributed by atoms with E-state index in [0.717, 1.165) is 6.54 Å². The van der Waals surface area contributed by atoms with Crippen LogP contribution in [0, 0.1) is 5.92 Å². The largest absolute Gasteiger partial charge is 0.336 e. The van der Waals surface area contributed by atoms with Crippen molar-refractivity contribution in [3.8, 4) is 0 Å². The number of hydrogen-bond donors (Lipinski definition) is 2. The number of nitrogen functional groups attached to an aromatic ring is 1. The van der Waals surface area contributed by atoms with Crippen LogP contribution in [0.2, 0.25) is 5.02 Å². The zero-order chi connectivity index (χ0) is 14.0.